The number of anilines is 1. The molecule has 0 fully saturated rings. The number of amides is 2. The van der Waals surface area contributed by atoms with E-state index in [0.29, 0.717) is 0 Å². The fraction of sp³-hybridized carbons (Fsp3) is 0.357. The first-order chi connectivity index (χ1) is 10.7. The number of hydrogen-bond acceptors (Lipinski definition) is 4. The van der Waals surface area contributed by atoms with Gasteiger partial charge in [-0.3, -0.25) is 14.4 Å². The summed E-state index contributed by atoms with van der Waals surface area (Å²) in [5, 5.41) is 4.56. The van der Waals surface area contributed by atoms with Gasteiger partial charge < -0.3 is 15.4 Å². The van der Waals surface area contributed by atoms with Crippen molar-refractivity contribution in [2.45, 2.75) is 19.0 Å². The summed E-state index contributed by atoms with van der Waals surface area (Å²) in [6.45, 7) is 0.0928. The average Bonchev–Trinajstić information content (AvgIpc) is 2.45. The van der Waals surface area contributed by atoms with Gasteiger partial charge in [-0.15, -0.1) is 0 Å². The summed E-state index contributed by atoms with van der Waals surface area (Å²) < 4.78 is 40.5. The lowest BCUT2D eigenvalue weighted by molar-refractivity contribution is -0.150. The van der Waals surface area contributed by atoms with Gasteiger partial charge >= 0.3 is 12.1 Å². The first kappa shape index (κ1) is 18.5. The van der Waals surface area contributed by atoms with Gasteiger partial charge in [0.05, 0.1) is 13.5 Å². The SMILES string of the molecule is COC(=O)CCNC(=O)c1ccc(NC(=O)CC(F)(F)F)cc1. The summed E-state index contributed by atoms with van der Waals surface area (Å²) >= 11 is 0. The lowest BCUT2D eigenvalue weighted by atomic mass is 10.2. The second-order valence-electron chi connectivity index (χ2n) is 4.50. The fourth-order valence-corrected chi connectivity index (χ4v) is 1.57. The van der Waals surface area contributed by atoms with Crippen molar-refractivity contribution in [3.8, 4) is 0 Å². The van der Waals surface area contributed by atoms with Crippen molar-refractivity contribution in [3.05, 3.63) is 29.8 Å². The van der Waals surface area contributed by atoms with Crippen molar-refractivity contribution in [2.75, 3.05) is 19.0 Å². The minimum Gasteiger partial charge on any atom is -0.469 e. The number of benzene rings is 1. The highest BCUT2D eigenvalue weighted by Gasteiger charge is 2.31. The second-order valence-corrected chi connectivity index (χ2v) is 4.50. The van der Waals surface area contributed by atoms with Crippen molar-refractivity contribution in [1.29, 1.82) is 0 Å². The van der Waals surface area contributed by atoms with E-state index in [1.54, 1.807) is 0 Å². The van der Waals surface area contributed by atoms with Crippen LogP contribution in [0.25, 0.3) is 0 Å². The fourth-order valence-electron chi connectivity index (χ4n) is 1.57. The number of hydrogen-bond donors (Lipinski definition) is 2. The zero-order chi connectivity index (χ0) is 17.5. The zero-order valence-corrected chi connectivity index (χ0v) is 12.2. The Kier molecular flexibility index (Phi) is 6.55. The lowest BCUT2D eigenvalue weighted by Crippen LogP contribution is -2.26. The maximum Gasteiger partial charge on any atom is 0.397 e. The number of carbonyl (C=O) groups excluding carboxylic acids is 3. The molecule has 0 saturated carbocycles. The normalized spacial score (nSPS) is 10.8. The van der Waals surface area contributed by atoms with Crippen LogP contribution in [0, 0.1) is 0 Å². The number of alkyl halides is 3. The summed E-state index contributed by atoms with van der Waals surface area (Å²) in [7, 11) is 1.23. The Balaban J connectivity index is 2.51. The van der Waals surface area contributed by atoms with Gasteiger partial charge in [0.2, 0.25) is 5.91 Å². The standard InChI is InChI=1S/C14H15F3N2O4/c1-23-12(21)6-7-18-13(22)9-2-4-10(5-3-9)19-11(20)8-14(15,16)17/h2-5H,6-8H2,1H3,(H,18,22)(H,19,20). The highest BCUT2D eigenvalue weighted by Crippen LogP contribution is 2.20. The molecule has 0 aliphatic carbocycles. The molecule has 0 aliphatic heterocycles. The highest BCUT2D eigenvalue weighted by molar-refractivity contribution is 5.96. The quantitative estimate of drug-likeness (QED) is 0.779. The molecule has 9 heteroatoms. The van der Waals surface area contributed by atoms with Crippen molar-refractivity contribution in [1.82, 2.24) is 5.32 Å². The monoisotopic (exact) mass is 332 g/mol. The molecule has 0 unspecified atom stereocenters. The Morgan fingerprint density at radius 1 is 1.13 bits per heavy atom. The third kappa shape index (κ3) is 7.30. The minimum absolute atomic E-state index is 0.0217. The number of halogens is 3. The maximum absolute atomic E-state index is 12.0. The van der Waals surface area contributed by atoms with Crippen LogP contribution in [-0.2, 0) is 14.3 Å². The van der Waals surface area contributed by atoms with Crippen molar-refractivity contribution >= 4 is 23.5 Å². The second kappa shape index (κ2) is 8.16. The zero-order valence-electron chi connectivity index (χ0n) is 12.2. The van der Waals surface area contributed by atoms with E-state index in [9.17, 15) is 27.6 Å². The molecule has 0 spiro atoms. The molecule has 126 valence electrons. The molecule has 0 atom stereocenters. The smallest absolute Gasteiger partial charge is 0.397 e. The van der Waals surface area contributed by atoms with E-state index in [4.69, 9.17) is 0 Å². The Bertz CT molecular complexity index is 570. The van der Waals surface area contributed by atoms with Crippen LogP contribution >= 0.6 is 0 Å². The Morgan fingerprint density at radius 2 is 1.74 bits per heavy atom. The molecule has 2 N–H and O–H groups in total. The molecule has 0 heterocycles. The number of nitrogens with one attached hydrogen (secondary N) is 2. The lowest BCUT2D eigenvalue weighted by Gasteiger charge is -2.09. The van der Waals surface area contributed by atoms with E-state index in [0.717, 1.165) is 0 Å². The van der Waals surface area contributed by atoms with Crippen molar-refractivity contribution in [2.24, 2.45) is 0 Å². The van der Waals surface area contributed by atoms with Crippen LogP contribution in [0.1, 0.15) is 23.2 Å². The van der Waals surface area contributed by atoms with Gasteiger partial charge in [-0.2, -0.15) is 13.2 Å². The topological polar surface area (TPSA) is 84.5 Å². The van der Waals surface area contributed by atoms with Crippen molar-refractivity contribution < 1.29 is 32.3 Å². The summed E-state index contributed by atoms with van der Waals surface area (Å²) in [5.41, 5.74) is 0.383. The van der Waals surface area contributed by atoms with Crippen LogP contribution in [0.5, 0.6) is 0 Å². The van der Waals surface area contributed by atoms with Gasteiger partial charge in [0.1, 0.15) is 6.42 Å². The van der Waals surface area contributed by atoms with Crippen LogP contribution < -0.4 is 10.6 Å². The van der Waals surface area contributed by atoms with Crippen molar-refractivity contribution in [3.63, 3.8) is 0 Å². The highest BCUT2D eigenvalue weighted by atomic mass is 19.4. The molecule has 6 nitrogen and oxygen atoms in total. The summed E-state index contributed by atoms with van der Waals surface area (Å²) in [6.07, 6.45) is -6.14. The number of carbonyl (C=O) groups is 3. The van der Waals surface area contributed by atoms with E-state index in [1.807, 2.05) is 0 Å². The molecule has 1 aromatic rings. The number of methoxy groups -OCH3 is 1. The number of ether oxygens (including phenoxy) is 1. The van der Waals surface area contributed by atoms with Crippen LogP contribution in [0.3, 0.4) is 0 Å². The van der Waals surface area contributed by atoms with E-state index in [1.165, 1.54) is 31.4 Å². The predicted molar refractivity (Wildman–Crippen MR) is 74.7 cm³/mol. The molecule has 23 heavy (non-hydrogen) atoms. The van der Waals surface area contributed by atoms with Crippen LogP contribution in [-0.4, -0.2) is 37.6 Å². The molecule has 1 aromatic carbocycles. The molecular weight excluding hydrogens is 317 g/mol. The van der Waals surface area contributed by atoms with Gasteiger partial charge in [-0.05, 0) is 24.3 Å². The van der Waals surface area contributed by atoms with Gasteiger partial charge in [0.15, 0.2) is 0 Å². The van der Waals surface area contributed by atoms with Gasteiger partial charge in [0, 0.05) is 17.8 Å². The Morgan fingerprint density at radius 3 is 2.26 bits per heavy atom. The first-order valence-electron chi connectivity index (χ1n) is 6.53. The minimum atomic E-state index is -4.58. The van der Waals surface area contributed by atoms with E-state index < -0.39 is 30.4 Å². The van der Waals surface area contributed by atoms with Gasteiger partial charge in [-0.25, -0.2) is 0 Å². The number of rotatable bonds is 6. The largest absolute Gasteiger partial charge is 0.469 e. The van der Waals surface area contributed by atoms with E-state index >= 15 is 0 Å². The average molecular weight is 332 g/mol. The maximum atomic E-state index is 12.0. The molecular formula is C14H15F3N2O4. The first-order valence-corrected chi connectivity index (χ1v) is 6.53. The van der Waals surface area contributed by atoms with E-state index in [2.05, 4.69) is 15.4 Å². The molecule has 0 aliphatic rings. The molecule has 0 bridgehead atoms. The summed E-state index contributed by atoms with van der Waals surface area (Å²) in [5.74, 6) is -2.11. The van der Waals surface area contributed by atoms with E-state index in [-0.39, 0.29) is 24.2 Å². The Hall–Kier alpha value is -2.58. The van der Waals surface area contributed by atoms with Crippen LogP contribution in [0.2, 0.25) is 0 Å². The summed E-state index contributed by atoms with van der Waals surface area (Å²) in [6, 6.07) is 5.31. The molecule has 2 amide bonds. The molecule has 0 saturated heterocycles. The van der Waals surface area contributed by atoms with Gasteiger partial charge in [0.25, 0.3) is 5.91 Å². The molecule has 0 radical (unpaired) electrons. The predicted octanol–water partition coefficient (Wildman–Crippen LogP) is 1.87. The Labute approximate surface area is 130 Å². The summed E-state index contributed by atoms with van der Waals surface area (Å²) in [4.78, 5) is 33.7. The molecule has 1 rings (SSSR count). The third-order valence-electron chi connectivity index (χ3n) is 2.63. The number of esters is 1. The van der Waals surface area contributed by atoms with Crippen LogP contribution in [0.4, 0.5) is 18.9 Å². The third-order valence-corrected chi connectivity index (χ3v) is 2.63. The van der Waals surface area contributed by atoms with Gasteiger partial charge in [-0.1, -0.05) is 0 Å². The molecule has 0 aromatic heterocycles. The van der Waals surface area contributed by atoms with Crippen LogP contribution in [0.15, 0.2) is 24.3 Å².